The van der Waals surface area contributed by atoms with Gasteiger partial charge < -0.3 is 9.68 Å². The van der Waals surface area contributed by atoms with E-state index in [0.717, 1.165) is 11.1 Å². The molecule has 0 radical (unpaired) electrons. The van der Waals surface area contributed by atoms with Crippen molar-refractivity contribution in [2.75, 3.05) is 0 Å². The van der Waals surface area contributed by atoms with Gasteiger partial charge in [-0.25, -0.2) is 8.78 Å². The molecule has 0 aliphatic carbocycles. The van der Waals surface area contributed by atoms with E-state index >= 15 is 0 Å². The molecule has 0 amide bonds. The van der Waals surface area contributed by atoms with E-state index in [9.17, 15) is 8.78 Å². The fourth-order valence-electron chi connectivity index (χ4n) is 2.22. The Morgan fingerprint density at radius 1 is 0.679 bits per heavy atom. The molecule has 5 nitrogen and oxygen atoms in total. The summed E-state index contributed by atoms with van der Waals surface area (Å²) in [5, 5.41) is 7.98. The Bertz CT molecular complexity index is 922. The third-order valence-corrected chi connectivity index (χ3v) is 3.77. The topological polar surface area (TPSA) is 56.1 Å². The molecule has 2 aromatic carbocycles. The number of aromatic nitrogens is 1. The van der Waals surface area contributed by atoms with Crippen molar-refractivity contribution in [1.82, 2.24) is 4.98 Å². The molecule has 0 fully saturated rings. The van der Waals surface area contributed by atoms with Crippen molar-refractivity contribution in [2.24, 2.45) is 10.3 Å². The Morgan fingerprint density at radius 2 is 1.07 bits per heavy atom. The minimum Gasteiger partial charge on any atom is -0.336 e. The molecular formula is C21H17F2N3O2. The molecule has 28 heavy (non-hydrogen) atoms. The Balaban J connectivity index is 1.66. The van der Waals surface area contributed by atoms with Gasteiger partial charge in [0.2, 0.25) is 0 Å². The van der Waals surface area contributed by atoms with Crippen molar-refractivity contribution in [2.45, 2.75) is 13.8 Å². The molecule has 1 aromatic heterocycles. The second-order valence-corrected chi connectivity index (χ2v) is 5.86. The number of halogens is 2. The summed E-state index contributed by atoms with van der Waals surface area (Å²) in [5.74, 6) is -0.205. The van der Waals surface area contributed by atoms with Gasteiger partial charge in [0.1, 0.15) is 11.6 Å². The first kappa shape index (κ1) is 19.2. The highest BCUT2D eigenvalue weighted by molar-refractivity contribution is 5.98. The monoisotopic (exact) mass is 381 g/mol. The quantitative estimate of drug-likeness (QED) is 0.448. The number of oxime groups is 2. The van der Waals surface area contributed by atoms with Crippen molar-refractivity contribution in [1.29, 1.82) is 0 Å². The van der Waals surface area contributed by atoms with Gasteiger partial charge in [-0.15, -0.1) is 0 Å². The summed E-state index contributed by atoms with van der Waals surface area (Å²) in [6, 6.07) is 16.7. The zero-order valence-electron chi connectivity index (χ0n) is 15.3. The molecule has 142 valence electrons. The van der Waals surface area contributed by atoms with Crippen molar-refractivity contribution in [3.63, 3.8) is 0 Å². The van der Waals surface area contributed by atoms with Gasteiger partial charge in [0.15, 0.2) is 0 Å². The average Bonchev–Trinajstić information content (AvgIpc) is 2.71. The average molecular weight is 381 g/mol. The number of nitrogens with zero attached hydrogens (tertiary/aromatic N) is 3. The van der Waals surface area contributed by atoms with Crippen molar-refractivity contribution in [3.8, 4) is 11.8 Å². The fraction of sp³-hybridized carbons (Fsp3) is 0.0952. The lowest BCUT2D eigenvalue weighted by Gasteiger charge is -2.04. The normalized spacial score (nSPS) is 12.0. The van der Waals surface area contributed by atoms with Crippen LogP contribution in [0.4, 0.5) is 8.78 Å². The number of benzene rings is 2. The third-order valence-electron chi connectivity index (χ3n) is 3.77. The van der Waals surface area contributed by atoms with Crippen LogP contribution in [-0.4, -0.2) is 16.4 Å². The van der Waals surface area contributed by atoms with E-state index in [2.05, 4.69) is 15.3 Å². The Kier molecular flexibility index (Phi) is 6.06. The molecular weight excluding hydrogens is 364 g/mol. The SMILES string of the molecule is CC(=NOc1cccc(ON=C(C)c2ccc(F)cc2)n1)c1ccc(F)cc1. The van der Waals surface area contributed by atoms with E-state index in [1.807, 2.05) is 0 Å². The van der Waals surface area contributed by atoms with Gasteiger partial charge in [0.05, 0.1) is 11.4 Å². The van der Waals surface area contributed by atoms with E-state index in [1.54, 1.807) is 56.3 Å². The van der Waals surface area contributed by atoms with Gasteiger partial charge in [0.25, 0.3) is 11.8 Å². The molecule has 0 aliphatic heterocycles. The van der Waals surface area contributed by atoms with Crippen molar-refractivity contribution >= 4 is 11.4 Å². The van der Waals surface area contributed by atoms with Crippen molar-refractivity contribution < 1.29 is 18.5 Å². The van der Waals surface area contributed by atoms with E-state index in [-0.39, 0.29) is 23.4 Å². The largest absolute Gasteiger partial charge is 0.336 e. The number of rotatable bonds is 6. The van der Waals surface area contributed by atoms with Crippen LogP contribution in [-0.2, 0) is 0 Å². The van der Waals surface area contributed by atoms with Gasteiger partial charge >= 0.3 is 0 Å². The minimum atomic E-state index is -0.319. The maximum absolute atomic E-state index is 13.0. The molecule has 3 rings (SSSR count). The second-order valence-electron chi connectivity index (χ2n) is 5.86. The highest BCUT2D eigenvalue weighted by atomic mass is 19.1. The summed E-state index contributed by atoms with van der Waals surface area (Å²) in [6.07, 6.45) is 0. The molecule has 0 bridgehead atoms. The van der Waals surface area contributed by atoms with Gasteiger partial charge in [0, 0.05) is 12.1 Å². The molecule has 0 saturated heterocycles. The molecule has 7 heteroatoms. The maximum atomic E-state index is 13.0. The minimum absolute atomic E-state index is 0.216. The van der Waals surface area contributed by atoms with Crippen LogP contribution in [0.5, 0.6) is 11.8 Å². The van der Waals surface area contributed by atoms with Gasteiger partial charge in [-0.1, -0.05) is 40.6 Å². The summed E-state index contributed by atoms with van der Waals surface area (Å²) < 4.78 is 26.0. The fourth-order valence-corrected chi connectivity index (χ4v) is 2.22. The zero-order valence-corrected chi connectivity index (χ0v) is 15.3. The molecule has 0 spiro atoms. The van der Waals surface area contributed by atoms with Crippen LogP contribution in [0.25, 0.3) is 0 Å². The summed E-state index contributed by atoms with van der Waals surface area (Å²) in [7, 11) is 0. The molecule has 1 heterocycles. The van der Waals surface area contributed by atoms with E-state index < -0.39 is 0 Å². The first-order valence-electron chi connectivity index (χ1n) is 8.43. The third kappa shape index (κ3) is 5.20. The number of pyridine rings is 1. The van der Waals surface area contributed by atoms with Crippen molar-refractivity contribution in [3.05, 3.63) is 89.5 Å². The summed E-state index contributed by atoms with van der Waals surface area (Å²) >= 11 is 0. The first-order chi connectivity index (χ1) is 13.5. The predicted molar refractivity (Wildman–Crippen MR) is 103 cm³/mol. The summed E-state index contributed by atoms with van der Waals surface area (Å²) in [4.78, 5) is 14.8. The number of hydrogen-bond acceptors (Lipinski definition) is 5. The molecule has 3 aromatic rings. The van der Waals surface area contributed by atoms with Crippen LogP contribution in [0.3, 0.4) is 0 Å². The maximum Gasteiger partial charge on any atom is 0.252 e. The summed E-state index contributed by atoms with van der Waals surface area (Å²) in [5.41, 5.74) is 2.60. The van der Waals surface area contributed by atoms with Crippen LogP contribution < -0.4 is 9.68 Å². The van der Waals surface area contributed by atoms with Crippen LogP contribution in [0.2, 0.25) is 0 Å². The van der Waals surface area contributed by atoms with E-state index in [4.69, 9.17) is 9.68 Å². The van der Waals surface area contributed by atoms with Crippen LogP contribution in [0.1, 0.15) is 25.0 Å². The Hall–Kier alpha value is -3.61. The lowest BCUT2D eigenvalue weighted by molar-refractivity contribution is 0.299. The second kappa shape index (κ2) is 8.85. The summed E-state index contributed by atoms with van der Waals surface area (Å²) in [6.45, 7) is 3.48. The van der Waals surface area contributed by atoms with Crippen LogP contribution in [0, 0.1) is 11.6 Å². The van der Waals surface area contributed by atoms with Gasteiger partial charge in [-0.2, -0.15) is 4.98 Å². The molecule has 0 unspecified atom stereocenters. The van der Waals surface area contributed by atoms with Crippen LogP contribution in [0.15, 0.2) is 77.0 Å². The van der Waals surface area contributed by atoms with E-state index in [0.29, 0.717) is 11.4 Å². The molecule has 0 saturated carbocycles. The highest BCUT2D eigenvalue weighted by Crippen LogP contribution is 2.15. The lowest BCUT2D eigenvalue weighted by Crippen LogP contribution is -2.00. The zero-order chi connectivity index (χ0) is 19.9. The number of hydrogen-bond donors (Lipinski definition) is 0. The molecule has 0 N–H and O–H groups in total. The molecule has 0 aliphatic rings. The van der Waals surface area contributed by atoms with Gasteiger partial charge in [-0.05, 0) is 49.2 Å². The predicted octanol–water partition coefficient (Wildman–Crippen LogP) is 4.97. The van der Waals surface area contributed by atoms with E-state index in [1.165, 1.54) is 24.3 Å². The highest BCUT2D eigenvalue weighted by Gasteiger charge is 2.04. The standard InChI is InChI=1S/C21H17F2N3O2/c1-14(16-6-10-18(22)11-7-16)25-27-20-4-3-5-21(24-20)28-26-15(2)17-8-12-19(23)13-9-17/h3-13H,1-2H3. The lowest BCUT2D eigenvalue weighted by atomic mass is 10.1. The molecule has 0 atom stereocenters. The van der Waals surface area contributed by atoms with Gasteiger partial charge in [-0.3, -0.25) is 0 Å². The Morgan fingerprint density at radius 3 is 1.46 bits per heavy atom. The smallest absolute Gasteiger partial charge is 0.252 e. The first-order valence-corrected chi connectivity index (χ1v) is 8.43. The Labute approximate surface area is 160 Å². The van der Waals surface area contributed by atoms with Crippen LogP contribution >= 0.6 is 0 Å².